The van der Waals surface area contributed by atoms with E-state index in [1.54, 1.807) is 19.1 Å². The van der Waals surface area contributed by atoms with Crippen LogP contribution in [-0.2, 0) is 11.2 Å². The van der Waals surface area contributed by atoms with Gasteiger partial charge in [-0.3, -0.25) is 14.7 Å². The molecule has 2 heterocycles. The van der Waals surface area contributed by atoms with Crippen molar-refractivity contribution in [2.45, 2.75) is 19.8 Å². The zero-order valence-electron chi connectivity index (χ0n) is 10.4. The van der Waals surface area contributed by atoms with E-state index in [1.807, 2.05) is 0 Å². The fourth-order valence-electron chi connectivity index (χ4n) is 1.60. The first-order chi connectivity index (χ1) is 9.16. The zero-order valence-corrected chi connectivity index (χ0v) is 10.4. The van der Waals surface area contributed by atoms with Gasteiger partial charge in [0.25, 0.3) is 5.56 Å². The largest absolute Gasteiger partial charge is 0.463 e. The summed E-state index contributed by atoms with van der Waals surface area (Å²) in [5.74, 6) is 0.293. The SMILES string of the molecule is Cc1[nH][nH]c(=O)c1CCC(=O)N/N=C\c1ccco1. The third-order valence-corrected chi connectivity index (χ3v) is 2.62. The van der Waals surface area contributed by atoms with Gasteiger partial charge >= 0.3 is 0 Å². The van der Waals surface area contributed by atoms with Crippen molar-refractivity contribution in [2.24, 2.45) is 5.10 Å². The van der Waals surface area contributed by atoms with E-state index < -0.39 is 0 Å². The molecule has 0 radical (unpaired) electrons. The van der Waals surface area contributed by atoms with Crippen LogP contribution in [0.4, 0.5) is 0 Å². The number of hydrogen-bond donors (Lipinski definition) is 3. The van der Waals surface area contributed by atoms with Gasteiger partial charge in [0.05, 0.1) is 12.5 Å². The van der Waals surface area contributed by atoms with Crippen molar-refractivity contribution in [3.8, 4) is 0 Å². The Labute approximate surface area is 108 Å². The highest BCUT2D eigenvalue weighted by Gasteiger charge is 2.08. The maximum absolute atomic E-state index is 11.5. The number of rotatable bonds is 5. The van der Waals surface area contributed by atoms with Gasteiger partial charge in [0.15, 0.2) is 0 Å². The summed E-state index contributed by atoms with van der Waals surface area (Å²) >= 11 is 0. The number of hydrogen-bond acceptors (Lipinski definition) is 4. The summed E-state index contributed by atoms with van der Waals surface area (Å²) in [4.78, 5) is 22.9. The van der Waals surface area contributed by atoms with Gasteiger partial charge in [0.1, 0.15) is 5.76 Å². The van der Waals surface area contributed by atoms with Gasteiger partial charge in [-0.15, -0.1) is 0 Å². The molecule has 2 rings (SSSR count). The number of carbonyl (C=O) groups excluding carboxylic acids is 1. The molecular formula is C12H14N4O3. The number of furan rings is 1. The van der Waals surface area contributed by atoms with Crippen LogP contribution in [0.25, 0.3) is 0 Å². The summed E-state index contributed by atoms with van der Waals surface area (Å²) in [5.41, 5.74) is 3.52. The van der Waals surface area contributed by atoms with Crippen molar-refractivity contribution >= 4 is 12.1 Å². The quantitative estimate of drug-likeness (QED) is 0.545. The van der Waals surface area contributed by atoms with Gasteiger partial charge in [-0.1, -0.05) is 0 Å². The molecule has 0 aliphatic heterocycles. The van der Waals surface area contributed by atoms with E-state index in [0.717, 1.165) is 5.69 Å². The molecule has 1 amide bonds. The molecule has 0 saturated carbocycles. The fraction of sp³-hybridized carbons (Fsp3) is 0.250. The van der Waals surface area contributed by atoms with Crippen LogP contribution < -0.4 is 11.0 Å². The van der Waals surface area contributed by atoms with Crippen LogP contribution >= 0.6 is 0 Å². The molecular weight excluding hydrogens is 248 g/mol. The van der Waals surface area contributed by atoms with Crippen molar-refractivity contribution in [1.82, 2.24) is 15.6 Å². The van der Waals surface area contributed by atoms with Gasteiger partial charge < -0.3 is 9.52 Å². The lowest BCUT2D eigenvalue weighted by molar-refractivity contribution is -0.121. The highest BCUT2D eigenvalue weighted by Crippen LogP contribution is 2.01. The molecule has 0 aromatic carbocycles. The minimum absolute atomic E-state index is 0.190. The zero-order chi connectivity index (χ0) is 13.7. The molecule has 19 heavy (non-hydrogen) atoms. The van der Waals surface area contributed by atoms with Gasteiger partial charge in [0.2, 0.25) is 5.91 Å². The average molecular weight is 262 g/mol. The molecule has 7 heteroatoms. The topological polar surface area (TPSA) is 103 Å². The van der Waals surface area contributed by atoms with Crippen molar-refractivity contribution < 1.29 is 9.21 Å². The minimum atomic E-state index is -0.261. The van der Waals surface area contributed by atoms with E-state index in [4.69, 9.17) is 4.42 Å². The predicted molar refractivity (Wildman–Crippen MR) is 68.9 cm³/mol. The smallest absolute Gasteiger partial charge is 0.267 e. The van der Waals surface area contributed by atoms with Crippen molar-refractivity contribution in [2.75, 3.05) is 0 Å². The summed E-state index contributed by atoms with van der Waals surface area (Å²) in [7, 11) is 0. The van der Waals surface area contributed by atoms with E-state index in [-0.39, 0.29) is 17.9 Å². The Bertz CT molecular complexity index is 622. The van der Waals surface area contributed by atoms with Crippen molar-refractivity contribution in [3.05, 3.63) is 45.8 Å². The lowest BCUT2D eigenvalue weighted by Gasteiger charge is -1.98. The first-order valence-corrected chi connectivity index (χ1v) is 5.78. The van der Waals surface area contributed by atoms with E-state index in [1.165, 1.54) is 12.5 Å². The van der Waals surface area contributed by atoms with Gasteiger partial charge in [-0.2, -0.15) is 5.10 Å². The molecule has 2 aromatic heterocycles. The summed E-state index contributed by atoms with van der Waals surface area (Å²) in [5, 5.41) is 8.93. The van der Waals surface area contributed by atoms with Crippen LogP contribution in [0.2, 0.25) is 0 Å². The Hall–Kier alpha value is -2.57. The Balaban J connectivity index is 1.81. The molecule has 0 bridgehead atoms. The van der Waals surface area contributed by atoms with Crippen LogP contribution in [0.1, 0.15) is 23.4 Å². The maximum atomic E-state index is 11.5. The third-order valence-electron chi connectivity index (χ3n) is 2.62. The highest BCUT2D eigenvalue weighted by molar-refractivity contribution is 5.80. The predicted octanol–water partition coefficient (Wildman–Crippen LogP) is 0.687. The van der Waals surface area contributed by atoms with Crippen LogP contribution in [-0.4, -0.2) is 22.3 Å². The molecule has 0 unspecified atom stereocenters. The van der Waals surface area contributed by atoms with Gasteiger partial charge in [-0.05, 0) is 25.5 Å². The molecule has 0 fully saturated rings. The summed E-state index contributed by atoms with van der Waals surface area (Å²) in [6.45, 7) is 1.78. The Morgan fingerprint density at radius 1 is 1.53 bits per heavy atom. The Morgan fingerprint density at radius 2 is 2.37 bits per heavy atom. The molecule has 0 spiro atoms. The number of carbonyl (C=O) groups is 1. The molecule has 2 aromatic rings. The normalized spacial score (nSPS) is 11.0. The van der Waals surface area contributed by atoms with Crippen LogP contribution in [0.15, 0.2) is 32.7 Å². The van der Waals surface area contributed by atoms with E-state index in [0.29, 0.717) is 17.7 Å². The number of aromatic amines is 2. The van der Waals surface area contributed by atoms with Crippen molar-refractivity contribution in [3.63, 3.8) is 0 Å². The highest BCUT2D eigenvalue weighted by atomic mass is 16.3. The molecule has 0 aliphatic rings. The lowest BCUT2D eigenvalue weighted by atomic mass is 10.1. The first kappa shape index (κ1) is 12.9. The maximum Gasteiger partial charge on any atom is 0.267 e. The monoisotopic (exact) mass is 262 g/mol. The second-order valence-electron chi connectivity index (χ2n) is 3.99. The molecule has 0 atom stereocenters. The van der Waals surface area contributed by atoms with Crippen LogP contribution in [0.3, 0.4) is 0 Å². The standard InChI is InChI=1S/C12H14N4O3/c1-8-10(12(18)16-14-8)4-5-11(17)15-13-7-9-3-2-6-19-9/h2-3,6-7H,4-5H2,1H3,(H,15,17)(H2,14,16,18)/b13-7-. The van der Waals surface area contributed by atoms with E-state index in [9.17, 15) is 9.59 Å². The molecule has 7 nitrogen and oxygen atoms in total. The van der Waals surface area contributed by atoms with Gasteiger partial charge in [-0.25, -0.2) is 5.43 Å². The third kappa shape index (κ3) is 3.44. The number of hydrazone groups is 1. The van der Waals surface area contributed by atoms with Crippen molar-refractivity contribution in [1.29, 1.82) is 0 Å². The van der Waals surface area contributed by atoms with Crippen LogP contribution in [0, 0.1) is 6.92 Å². The molecule has 0 saturated heterocycles. The molecule has 0 aliphatic carbocycles. The summed E-state index contributed by atoms with van der Waals surface area (Å²) in [6, 6.07) is 3.45. The number of nitrogens with zero attached hydrogens (tertiary/aromatic N) is 1. The summed E-state index contributed by atoms with van der Waals surface area (Å²) < 4.78 is 5.02. The second kappa shape index (κ2) is 5.85. The lowest BCUT2D eigenvalue weighted by Crippen LogP contribution is -2.19. The summed E-state index contributed by atoms with van der Waals surface area (Å²) in [6.07, 6.45) is 3.49. The van der Waals surface area contributed by atoms with E-state index in [2.05, 4.69) is 20.7 Å². The second-order valence-corrected chi connectivity index (χ2v) is 3.99. The van der Waals surface area contributed by atoms with E-state index >= 15 is 0 Å². The fourth-order valence-corrected chi connectivity index (χ4v) is 1.60. The average Bonchev–Trinajstić information content (AvgIpc) is 2.99. The minimum Gasteiger partial charge on any atom is -0.463 e. The molecule has 3 N–H and O–H groups in total. The Morgan fingerprint density at radius 3 is 3.00 bits per heavy atom. The van der Waals surface area contributed by atoms with Gasteiger partial charge in [0, 0.05) is 17.7 Å². The van der Waals surface area contributed by atoms with Crippen LogP contribution in [0.5, 0.6) is 0 Å². The Kier molecular flexibility index (Phi) is 3.97. The number of nitrogens with one attached hydrogen (secondary N) is 3. The number of aromatic nitrogens is 2. The number of amides is 1. The molecule has 100 valence electrons. The number of aryl methyl sites for hydroxylation is 1. The number of H-pyrrole nitrogens is 2. The first-order valence-electron chi connectivity index (χ1n) is 5.78.